The Labute approximate surface area is 204 Å². The second kappa shape index (κ2) is 10.1. The van der Waals surface area contributed by atoms with Crippen molar-refractivity contribution in [2.75, 3.05) is 0 Å². The summed E-state index contributed by atoms with van der Waals surface area (Å²) in [6.45, 7) is 1.35. The van der Waals surface area contributed by atoms with E-state index < -0.39 is 11.9 Å². The molecule has 0 atom stereocenters. The van der Waals surface area contributed by atoms with Gasteiger partial charge >= 0.3 is 5.97 Å². The van der Waals surface area contributed by atoms with Crippen molar-refractivity contribution in [1.82, 2.24) is 15.1 Å². The van der Waals surface area contributed by atoms with Crippen LogP contribution in [0, 0.1) is 5.82 Å². The van der Waals surface area contributed by atoms with Crippen LogP contribution in [0.5, 0.6) is 5.75 Å². The lowest BCUT2D eigenvalue weighted by Crippen LogP contribution is -2.24. The molecular formula is C25H18Cl2FN3O3. The summed E-state index contributed by atoms with van der Waals surface area (Å²) in [4.78, 5) is 25.1. The minimum absolute atomic E-state index is 0.0219. The lowest BCUT2D eigenvalue weighted by atomic mass is 10.1. The minimum Gasteiger partial charge on any atom is -0.422 e. The molecule has 3 aromatic carbocycles. The standard InChI is InChI=1S/C25H18Cl2FN3O3/c1-15(32)34-24-22(25(33)29-14-16-6-12-19(28)13-7-16)30-31(21-5-3-2-4-20(21)27)23(24)17-8-10-18(26)11-9-17/h2-13H,14H2,1H3,(H,29,33). The summed E-state index contributed by atoms with van der Waals surface area (Å²) in [5, 5.41) is 8.10. The van der Waals surface area contributed by atoms with Gasteiger partial charge in [0.25, 0.3) is 5.91 Å². The number of halogens is 3. The third-order valence-electron chi connectivity index (χ3n) is 4.87. The van der Waals surface area contributed by atoms with Crippen LogP contribution in [-0.4, -0.2) is 21.7 Å². The van der Waals surface area contributed by atoms with E-state index in [9.17, 15) is 14.0 Å². The Balaban J connectivity index is 1.83. The van der Waals surface area contributed by atoms with E-state index in [0.717, 1.165) is 0 Å². The van der Waals surface area contributed by atoms with Gasteiger partial charge in [-0.15, -0.1) is 0 Å². The Morgan fingerprint density at radius 1 is 1.00 bits per heavy atom. The van der Waals surface area contributed by atoms with Gasteiger partial charge in [0.15, 0.2) is 11.4 Å². The van der Waals surface area contributed by atoms with E-state index >= 15 is 0 Å². The minimum atomic E-state index is -0.624. The van der Waals surface area contributed by atoms with Crippen LogP contribution in [0.2, 0.25) is 10.0 Å². The molecule has 0 saturated carbocycles. The highest BCUT2D eigenvalue weighted by Gasteiger charge is 2.28. The Morgan fingerprint density at radius 2 is 1.68 bits per heavy atom. The predicted octanol–water partition coefficient (Wildman–Crippen LogP) is 5.84. The highest BCUT2D eigenvalue weighted by Crippen LogP contribution is 2.37. The molecule has 0 aliphatic carbocycles. The first kappa shape index (κ1) is 23.5. The molecule has 9 heteroatoms. The lowest BCUT2D eigenvalue weighted by molar-refractivity contribution is -0.131. The maximum absolute atomic E-state index is 13.2. The van der Waals surface area contributed by atoms with Gasteiger partial charge in [-0.25, -0.2) is 9.07 Å². The van der Waals surface area contributed by atoms with Crippen LogP contribution in [0.3, 0.4) is 0 Å². The Bertz CT molecular complexity index is 1350. The van der Waals surface area contributed by atoms with Gasteiger partial charge in [-0.2, -0.15) is 5.10 Å². The summed E-state index contributed by atoms with van der Waals surface area (Å²) in [5.74, 6) is -1.60. The fraction of sp³-hybridized carbons (Fsp3) is 0.0800. The number of carbonyl (C=O) groups is 2. The SMILES string of the molecule is CC(=O)Oc1c(C(=O)NCc2ccc(F)cc2)nn(-c2ccccc2Cl)c1-c1ccc(Cl)cc1. The van der Waals surface area contributed by atoms with E-state index in [1.807, 2.05) is 0 Å². The molecule has 0 aliphatic rings. The van der Waals surface area contributed by atoms with Crippen LogP contribution >= 0.6 is 23.2 Å². The number of benzene rings is 3. The summed E-state index contributed by atoms with van der Waals surface area (Å²) in [6.07, 6.45) is 0. The van der Waals surface area contributed by atoms with E-state index in [-0.39, 0.29) is 23.8 Å². The van der Waals surface area contributed by atoms with Gasteiger partial charge in [0.1, 0.15) is 11.5 Å². The molecule has 0 saturated heterocycles. The molecule has 4 aromatic rings. The molecular weight excluding hydrogens is 480 g/mol. The van der Waals surface area contributed by atoms with Gasteiger partial charge in [0.05, 0.1) is 10.7 Å². The second-order valence-corrected chi connectivity index (χ2v) is 8.14. The molecule has 34 heavy (non-hydrogen) atoms. The normalized spacial score (nSPS) is 10.7. The van der Waals surface area contributed by atoms with Gasteiger partial charge < -0.3 is 10.1 Å². The molecule has 0 radical (unpaired) electrons. The van der Waals surface area contributed by atoms with Crippen molar-refractivity contribution >= 4 is 35.1 Å². The van der Waals surface area contributed by atoms with Crippen LogP contribution in [0.15, 0.2) is 72.8 Å². The number of aromatic nitrogens is 2. The second-order valence-electron chi connectivity index (χ2n) is 7.30. The summed E-state index contributed by atoms with van der Waals surface area (Å²) < 4.78 is 20.1. The Morgan fingerprint density at radius 3 is 2.32 bits per heavy atom. The van der Waals surface area contributed by atoms with Crippen molar-refractivity contribution < 1.29 is 18.7 Å². The first-order valence-electron chi connectivity index (χ1n) is 10.2. The number of hydrogen-bond acceptors (Lipinski definition) is 4. The predicted molar refractivity (Wildman–Crippen MR) is 128 cm³/mol. The first-order chi connectivity index (χ1) is 16.3. The number of rotatable bonds is 6. The molecule has 1 N–H and O–H groups in total. The number of hydrogen-bond donors (Lipinski definition) is 1. The highest BCUT2D eigenvalue weighted by atomic mass is 35.5. The van der Waals surface area contributed by atoms with Crippen molar-refractivity contribution in [3.8, 4) is 22.7 Å². The molecule has 1 aromatic heterocycles. The average Bonchev–Trinajstić information content (AvgIpc) is 3.17. The fourth-order valence-electron chi connectivity index (χ4n) is 3.32. The van der Waals surface area contributed by atoms with Crippen molar-refractivity contribution in [2.24, 2.45) is 0 Å². The maximum atomic E-state index is 13.2. The van der Waals surface area contributed by atoms with Gasteiger partial charge in [0, 0.05) is 24.1 Å². The third kappa shape index (κ3) is 5.11. The number of nitrogens with zero attached hydrogens (tertiary/aromatic N) is 2. The number of amides is 1. The van der Waals surface area contributed by atoms with Crippen molar-refractivity contribution in [2.45, 2.75) is 13.5 Å². The monoisotopic (exact) mass is 497 g/mol. The third-order valence-corrected chi connectivity index (χ3v) is 5.44. The Kier molecular flexibility index (Phi) is 6.95. The molecule has 0 spiro atoms. The summed E-state index contributed by atoms with van der Waals surface area (Å²) in [5.41, 5.74) is 2.02. The van der Waals surface area contributed by atoms with Crippen LogP contribution in [0.4, 0.5) is 4.39 Å². The van der Waals surface area contributed by atoms with Gasteiger partial charge in [-0.05, 0) is 42.0 Å². The smallest absolute Gasteiger partial charge is 0.308 e. The van der Waals surface area contributed by atoms with Crippen molar-refractivity contribution in [3.63, 3.8) is 0 Å². The van der Waals surface area contributed by atoms with Gasteiger partial charge in [-0.3, -0.25) is 9.59 Å². The van der Waals surface area contributed by atoms with Crippen LogP contribution in [-0.2, 0) is 11.3 Å². The Hall–Kier alpha value is -3.68. The zero-order valence-electron chi connectivity index (χ0n) is 17.9. The van der Waals surface area contributed by atoms with E-state index in [0.29, 0.717) is 32.6 Å². The topological polar surface area (TPSA) is 73.2 Å². The average molecular weight is 498 g/mol. The van der Waals surface area contributed by atoms with Crippen LogP contribution < -0.4 is 10.1 Å². The van der Waals surface area contributed by atoms with E-state index in [4.69, 9.17) is 27.9 Å². The zero-order chi connectivity index (χ0) is 24.2. The van der Waals surface area contributed by atoms with E-state index in [2.05, 4.69) is 10.4 Å². The first-order valence-corrected chi connectivity index (χ1v) is 10.9. The molecule has 172 valence electrons. The molecule has 0 fully saturated rings. The number of esters is 1. The number of carbonyl (C=O) groups excluding carboxylic acids is 2. The largest absolute Gasteiger partial charge is 0.422 e. The number of ether oxygens (including phenoxy) is 1. The zero-order valence-corrected chi connectivity index (χ0v) is 19.4. The lowest BCUT2D eigenvalue weighted by Gasteiger charge is -2.11. The molecule has 4 rings (SSSR count). The number of para-hydroxylation sites is 1. The molecule has 0 unspecified atom stereocenters. The van der Waals surface area contributed by atoms with Crippen molar-refractivity contribution in [1.29, 1.82) is 0 Å². The number of nitrogens with one attached hydrogen (secondary N) is 1. The van der Waals surface area contributed by atoms with E-state index in [1.54, 1.807) is 60.7 Å². The summed E-state index contributed by atoms with van der Waals surface area (Å²) in [7, 11) is 0. The molecule has 6 nitrogen and oxygen atoms in total. The highest BCUT2D eigenvalue weighted by molar-refractivity contribution is 6.32. The van der Waals surface area contributed by atoms with E-state index in [1.165, 1.54) is 23.7 Å². The quantitative estimate of drug-likeness (QED) is 0.339. The summed E-state index contributed by atoms with van der Waals surface area (Å²) >= 11 is 12.5. The molecule has 1 heterocycles. The molecule has 0 bridgehead atoms. The maximum Gasteiger partial charge on any atom is 0.308 e. The van der Waals surface area contributed by atoms with Crippen LogP contribution in [0.25, 0.3) is 16.9 Å². The molecule has 1 amide bonds. The van der Waals surface area contributed by atoms with Gasteiger partial charge in [0.2, 0.25) is 0 Å². The molecule has 0 aliphatic heterocycles. The van der Waals surface area contributed by atoms with Crippen molar-refractivity contribution in [3.05, 3.63) is 99.9 Å². The fourth-order valence-corrected chi connectivity index (χ4v) is 3.66. The van der Waals surface area contributed by atoms with Gasteiger partial charge in [-0.1, -0.05) is 59.6 Å². The summed E-state index contributed by atoms with van der Waals surface area (Å²) in [6, 6.07) is 19.5. The van der Waals surface area contributed by atoms with Crippen LogP contribution in [0.1, 0.15) is 23.0 Å².